The number of hydrogen-bond acceptors (Lipinski definition) is 24. The van der Waals surface area contributed by atoms with Crippen molar-refractivity contribution in [1.29, 1.82) is 0 Å². The third-order valence-corrected chi connectivity index (χ3v) is 22.8. The Morgan fingerprint density at radius 1 is 0.670 bits per heavy atom. The minimum Gasteiger partial charge on any atom is -0.508 e. The van der Waals surface area contributed by atoms with Crippen LogP contribution in [-0.4, -0.2) is 149 Å². The molecule has 12 rings (SSSR count). The normalized spacial score (nSPS) is 21.0. The summed E-state index contributed by atoms with van der Waals surface area (Å²) in [6, 6.07) is 13.3. The van der Waals surface area contributed by atoms with Gasteiger partial charge in [-0.25, -0.2) is 34.9 Å². The molecule has 7 aromatic heterocycles. The molecule has 0 unspecified atom stereocenters. The van der Waals surface area contributed by atoms with Crippen molar-refractivity contribution in [2.45, 2.75) is 114 Å². The third kappa shape index (κ3) is 15.0. The molecule has 3 aliphatic rings. The lowest BCUT2D eigenvalue weighted by molar-refractivity contribution is -0.143. The van der Waals surface area contributed by atoms with Crippen molar-refractivity contribution in [2.75, 3.05) is 13.1 Å². The maximum Gasteiger partial charge on any atom is 0.306 e. The number of nitrogens with one attached hydrogen (secondary N) is 3. The fourth-order valence-corrected chi connectivity index (χ4v) is 17.4. The molecular formula is C65H63N13O13S6. The summed E-state index contributed by atoms with van der Waals surface area (Å²) in [4.78, 5) is 147. The zero-order chi connectivity index (χ0) is 68.3. The smallest absolute Gasteiger partial charge is 0.306 e. The number of aliphatic carboxylic acids is 2. The fourth-order valence-electron chi connectivity index (χ4n) is 12.1. The number of phenolic OH excluding ortho intramolecular Hbond substituents is 1. The Kier molecular flexibility index (Phi) is 20.5. The van der Waals surface area contributed by atoms with Crippen LogP contribution in [0.3, 0.4) is 0 Å². The Morgan fingerprint density at radius 2 is 1.32 bits per heavy atom. The van der Waals surface area contributed by atoms with Crippen molar-refractivity contribution in [3.8, 4) is 49.1 Å². The number of rotatable bonds is 15. The monoisotopic (exact) mass is 1430 g/mol. The van der Waals surface area contributed by atoms with E-state index in [0.717, 1.165) is 34.0 Å². The van der Waals surface area contributed by atoms with Crippen molar-refractivity contribution >= 4 is 115 Å². The Labute approximate surface area is 577 Å². The van der Waals surface area contributed by atoms with Gasteiger partial charge in [-0.05, 0) is 80.8 Å². The molecule has 10 N–H and O–H groups in total. The van der Waals surface area contributed by atoms with Gasteiger partial charge in [0.15, 0.2) is 0 Å². The summed E-state index contributed by atoms with van der Waals surface area (Å²) in [5, 5.41) is 71.5. The minimum absolute atomic E-state index is 0.0176. The lowest BCUT2D eigenvalue weighted by Gasteiger charge is -2.35. The Balaban J connectivity index is 0.930. The van der Waals surface area contributed by atoms with Gasteiger partial charge in [-0.2, -0.15) is 0 Å². The second-order valence-electron chi connectivity index (χ2n) is 23.8. The van der Waals surface area contributed by atoms with Crippen LogP contribution in [0.2, 0.25) is 0 Å². The number of amides is 6. The molecule has 2 aromatic carbocycles. The van der Waals surface area contributed by atoms with E-state index in [1.807, 2.05) is 0 Å². The van der Waals surface area contributed by atoms with E-state index in [1.54, 1.807) is 89.5 Å². The summed E-state index contributed by atoms with van der Waals surface area (Å²) in [5.41, 5.74) is 8.45. The molecule has 9 aromatic rings. The minimum atomic E-state index is -1.43. The van der Waals surface area contributed by atoms with Gasteiger partial charge in [0.2, 0.25) is 11.8 Å². The Hall–Kier alpha value is -9.15. The largest absolute Gasteiger partial charge is 0.508 e. The number of aliphatic hydroxyl groups excluding tert-OH is 2. The highest BCUT2D eigenvalue weighted by atomic mass is 32.1. The van der Waals surface area contributed by atoms with Gasteiger partial charge >= 0.3 is 11.9 Å². The van der Waals surface area contributed by atoms with E-state index >= 15 is 4.79 Å². The number of aromatic nitrogens is 7. The van der Waals surface area contributed by atoms with Gasteiger partial charge in [0, 0.05) is 75.2 Å². The lowest BCUT2D eigenvalue weighted by atomic mass is 9.85. The average molecular weight is 1430 g/mol. The summed E-state index contributed by atoms with van der Waals surface area (Å²) in [7, 11) is 0. The van der Waals surface area contributed by atoms with Gasteiger partial charge in [-0.15, -0.1) is 68.0 Å². The van der Waals surface area contributed by atoms with E-state index in [4.69, 9.17) is 30.7 Å². The lowest BCUT2D eigenvalue weighted by Crippen LogP contribution is -2.50. The molecule has 1 aliphatic carbocycles. The second kappa shape index (κ2) is 29.3. The van der Waals surface area contributed by atoms with Gasteiger partial charge < -0.3 is 57.0 Å². The number of fused-ring (bicyclic) bond motifs is 16. The van der Waals surface area contributed by atoms with Crippen LogP contribution >= 0.6 is 68.0 Å². The first-order chi connectivity index (χ1) is 46.6. The number of carboxylic acids is 2. The van der Waals surface area contributed by atoms with Crippen molar-refractivity contribution in [2.24, 2.45) is 17.6 Å². The van der Waals surface area contributed by atoms with Gasteiger partial charge in [0.05, 0.1) is 36.2 Å². The first kappa shape index (κ1) is 67.8. The number of aromatic hydroxyl groups is 1. The van der Waals surface area contributed by atoms with Crippen LogP contribution in [0.25, 0.3) is 43.4 Å². The van der Waals surface area contributed by atoms with Gasteiger partial charge in [-0.3, -0.25) is 38.4 Å². The number of unbranched alkanes of at least 4 members (excludes halogenated alkanes) is 1. The molecule has 10 bridgehead atoms. The Bertz CT molecular complexity index is 4450. The number of benzene rings is 2. The molecule has 0 spiro atoms. The van der Waals surface area contributed by atoms with Crippen LogP contribution in [0.5, 0.6) is 5.75 Å². The number of carbonyl (C=O) groups is 8. The molecule has 1 saturated heterocycles. The third-order valence-electron chi connectivity index (χ3n) is 17.2. The van der Waals surface area contributed by atoms with Crippen molar-refractivity contribution < 1.29 is 63.9 Å². The maximum absolute atomic E-state index is 15.3. The first-order valence-corrected chi connectivity index (χ1v) is 36.1. The molecule has 26 nitrogen and oxygen atoms in total. The number of aliphatic hydroxyl groups is 2. The molecule has 9 heterocycles. The van der Waals surface area contributed by atoms with Crippen LogP contribution in [-0.2, 0) is 25.6 Å². The summed E-state index contributed by atoms with van der Waals surface area (Å²) in [6.07, 6.45) is -0.590. The van der Waals surface area contributed by atoms with Crippen LogP contribution in [0.1, 0.15) is 156 Å². The van der Waals surface area contributed by atoms with Crippen molar-refractivity contribution in [3.63, 3.8) is 0 Å². The number of phenols is 1. The highest BCUT2D eigenvalue weighted by Gasteiger charge is 2.46. The molecule has 6 amide bonds. The van der Waals surface area contributed by atoms with Crippen molar-refractivity contribution in [1.82, 2.24) is 60.6 Å². The average Bonchev–Trinajstić information content (AvgIpc) is 1.64. The van der Waals surface area contributed by atoms with E-state index in [-0.39, 0.29) is 76.4 Å². The fraction of sp³-hybridized carbons (Fsp3) is 0.338. The number of nitrogens with two attached hydrogens (primary N) is 1. The number of carboxylic acid groups (broad SMARTS) is 2. The Morgan fingerprint density at radius 3 is 2.05 bits per heavy atom. The van der Waals surface area contributed by atoms with Gasteiger partial charge in [0.25, 0.3) is 23.6 Å². The molecule has 0 radical (unpaired) electrons. The molecule has 7 atom stereocenters. The zero-order valence-electron chi connectivity index (χ0n) is 51.8. The number of hydrogen-bond donors (Lipinski definition) is 9. The van der Waals surface area contributed by atoms with E-state index < -0.39 is 96.1 Å². The molecular weight excluding hydrogens is 1360 g/mol. The number of thiazole rings is 6. The van der Waals surface area contributed by atoms with E-state index in [1.165, 1.54) is 61.8 Å². The van der Waals surface area contributed by atoms with Crippen LogP contribution < -0.4 is 21.7 Å². The van der Waals surface area contributed by atoms with E-state index in [2.05, 4.69) is 25.9 Å². The highest BCUT2D eigenvalue weighted by molar-refractivity contribution is 7.15. The van der Waals surface area contributed by atoms with Crippen molar-refractivity contribution in [3.05, 3.63) is 147 Å². The topological polar surface area (TPSA) is 397 Å². The number of pyridine rings is 1. The van der Waals surface area contributed by atoms with Crippen LogP contribution in [0, 0.1) is 18.8 Å². The SMILES string of the molecule is Cc1sc2nc1C(=O)N[C@@H]([C@H](O)c1ccccc1)c1nc(cs1)C(=O)N[C@@H](Cc1ccc(O)cc1)C(=O)N1C[C@H](O)[C@H](C)[C@H]1c1nc(cs1)-c1nc(cs1)-c1nc(-c3nc(C(=O)N(CCCCC(=O)O)C4CCC(C(=O)O)CC4)cs3)ccc1-c1nc(cs1)C(=O)N[C@H]2CC(N)=O. The number of aryl methyl sites for hydroxylation is 1. The van der Waals surface area contributed by atoms with Gasteiger partial charge in [0.1, 0.15) is 93.8 Å². The number of nitrogens with zero attached hydrogens (tertiary/aromatic N) is 9. The molecule has 502 valence electrons. The second-order valence-corrected chi connectivity index (χ2v) is 29.3. The quantitative estimate of drug-likeness (QED) is 0.0433. The number of primary amides is 1. The van der Waals surface area contributed by atoms with E-state index in [0.29, 0.717) is 103 Å². The standard InChI is InChI=1S/C65H63N13O13S6/c1-30-46(80)24-78-52(30)62-73-44(28-96-62)59-70-41(25-93-59)50-37(19-20-38(67-50)58-74-45(29-94-58)64(89)77(21-7-6-10-48(82)83)35-15-13-34(14-16-35)65(90)91)57-71-42(26-92-57)54(85)68-39(23-47(66)81)60-76-49(31(2)97-60)56(87)75-51(53(84)33-8-4-3-5-9-33)61-72-43(27-95-61)55(86)69-40(63(78)88)22-32-11-17-36(79)18-12-32/h3-5,8-9,11-12,17-20,25-30,34-35,39-40,46,51-53,79-80,84H,6-7,10,13-16,21-24H2,1-2H3,(H2,66,81)(H,68,85)(H,69,86)(H,75,87)(H,82,83)(H,90,91)/t30-,34?,35?,39-,40-,46-,51-,52-,53+/m0/s1. The molecule has 2 fully saturated rings. The molecule has 1 saturated carbocycles. The van der Waals surface area contributed by atoms with Crippen LogP contribution in [0.15, 0.2) is 93.6 Å². The summed E-state index contributed by atoms with van der Waals surface area (Å²) < 4.78 is 0. The summed E-state index contributed by atoms with van der Waals surface area (Å²) >= 11 is 6.78. The predicted molar refractivity (Wildman–Crippen MR) is 362 cm³/mol. The number of carbonyl (C=O) groups excluding carboxylic acids is 6. The summed E-state index contributed by atoms with van der Waals surface area (Å²) in [6.45, 7) is 3.55. The maximum atomic E-state index is 15.3. The van der Waals surface area contributed by atoms with E-state index in [9.17, 15) is 59.1 Å². The van der Waals surface area contributed by atoms with Crippen LogP contribution in [0.4, 0.5) is 0 Å². The molecule has 32 heteroatoms. The highest BCUT2D eigenvalue weighted by Crippen LogP contribution is 2.43. The summed E-state index contributed by atoms with van der Waals surface area (Å²) in [5.74, 6) is -6.92. The zero-order valence-corrected chi connectivity index (χ0v) is 56.7. The molecule has 97 heavy (non-hydrogen) atoms. The predicted octanol–water partition coefficient (Wildman–Crippen LogP) is 8.63. The first-order valence-electron chi connectivity index (χ1n) is 30.9. The molecule has 2 aliphatic heterocycles. The van der Waals surface area contributed by atoms with Gasteiger partial charge in [-0.1, -0.05) is 49.4 Å².